The number of thioether (sulfide) groups is 2. The molecule has 0 aliphatic carbocycles. The van der Waals surface area contributed by atoms with Gasteiger partial charge < -0.3 is 5.32 Å². The van der Waals surface area contributed by atoms with E-state index in [0.29, 0.717) is 5.56 Å². The molecule has 1 N–H and O–H groups in total. The zero-order valence-electron chi connectivity index (χ0n) is 10.8. The van der Waals surface area contributed by atoms with Crippen LogP contribution >= 0.6 is 23.5 Å². The standard InChI is InChI=1S/C13H15F4NS2/c1-18-12(11-7-19-4-5-20-11)8-2-3-10(14)9(6-8)13(15,16)17/h2-3,6,11-12,18H,4-5,7H2,1H3. The predicted molar refractivity (Wildman–Crippen MR) is 76.8 cm³/mol. The Labute approximate surface area is 123 Å². The van der Waals surface area contributed by atoms with Crippen LogP contribution < -0.4 is 5.32 Å². The first-order valence-corrected chi connectivity index (χ1v) is 8.37. The molecule has 7 heteroatoms. The Morgan fingerprint density at radius 2 is 2.05 bits per heavy atom. The molecule has 1 aromatic rings. The molecular weight excluding hydrogens is 310 g/mol. The van der Waals surface area contributed by atoms with Gasteiger partial charge in [0.25, 0.3) is 0 Å². The average Bonchev–Trinajstić information content (AvgIpc) is 2.41. The fourth-order valence-electron chi connectivity index (χ4n) is 2.22. The van der Waals surface area contributed by atoms with Crippen LogP contribution in [0.2, 0.25) is 0 Å². The number of nitrogens with one attached hydrogen (secondary N) is 1. The average molecular weight is 325 g/mol. The molecule has 0 aromatic heterocycles. The molecule has 1 nitrogen and oxygen atoms in total. The number of hydrogen-bond donors (Lipinski definition) is 1. The van der Waals surface area contributed by atoms with Gasteiger partial charge in [-0.25, -0.2) is 4.39 Å². The molecule has 0 radical (unpaired) electrons. The summed E-state index contributed by atoms with van der Waals surface area (Å²) in [6, 6.07) is 3.07. The summed E-state index contributed by atoms with van der Waals surface area (Å²) in [5.41, 5.74) is -0.704. The van der Waals surface area contributed by atoms with Gasteiger partial charge in [0.15, 0.2) is 0 Å². The van der Waals surface area contributed by atoms with E-state index in [1.54, 1.807) is 30.6 Å². The lowest BCUT2D eigenvalue weighted by molar-refractivity contribution is -0.140. The SMILES string of the molecule is CNC(c1ccc(F)c(C(F)(F)F)c1)C1CSCCS1. The summed E-state index contributed by atoms with van der Waals surface area (Å²) in [7, 11) is 1.72. The van der Waals surface area contributed by atoms with Crippen LogP contribution in [0, 0.1) is 5.82 Å². The molecule has 0 saturated carbocycles. The molecular formula is C13H15F4NS2. The number of hydrogen-bond acceptors (Lipinski definition) is 3. The van der Waals surface area contributed by atoms with E-state index in [9.17, 15) is 17.6 Å². The van der Waals surface area contributed by atoms with Crippen LogP contribution in [-0.4, -0.2) is 29.6 Å². The second kappa shape index (κ2) is 6.58. The lowest BCUT2D eigenvalue weighted by Gasteiger charge is -2.30. The molecule has 0 bridgehead atoms. The zero-order valence-corrected chi connectivity index (χ0v) is 12.5. The summed E-state index contributed by atoms with van der Waals surface area (Å²) in [5.74, 6) is 1.71. The van der Waals surface area contributed by atoms with Gasteiger partial charge in [0.2, 0.25) is 0 Å². The Kier molecular flexibility index (Phi) is 5.25. The Morgan fingerprint density at radius 3 is 2.60 bits per heavy atom. The highest BCUT2D eigenvalue weighted by molar-refractivity contribution is 8.06. The minimum absolute atomic E-state index is 0.199. The lowest BCUT2D eigenvalue weighted by Crippen LogP contribution is -2.31. The molecule has 2 unspecified atom stereocenters. The summed E-state index contributed by atoms with van der Waals surface area (Å²) in [4.78, 5) is 0. The van der Waals surface area contributed by atoms with Crippen molar-refractivity contribution in [2.75, 3.05) is 24.3 Å². The van der Waals surface area contributed by atoms with E-state index in [2.05, 4.69) is 5.32 Å². The van der Waals surface area contributed by atoms with Gasteiger partial charge >= 0.3 is 6.18 Å². The van der Waals surface area contributed by atoms with E-state index in [1.807, 2.05) is 0 Å². The molecule has 2 atom stereocenters. The normalized spacial score (nSPS) is 21.8. The van der Waals surface area contributed by atoms with Crippen LogP contribution in [-0.2, 0) is 6.18 Å². The van der Waals surface area contributed by atoms with Crippen molar-refractivity contribution in [3.63, 3.8) is 0 Å². The number of alkyl halides is 3. The van der Waals surface area contributed by atoms with Crippen molar-refractivity contribution in [3.8, 4) is 0 Å². The van der Waals surface area contributed by atoms with Crippen molar-refractivity contribution in [1.82, 2.24) is 5.32 Å². The molecule has 1 saturated heterocycles. The molecule has 20 heavy (non-hydrogen) atoms. The minimum atomic E-state index is -4.66. The maximum absolute atomic E-state index is 13.3. The molecule has 1 aliphatic rings. The van der Waals surface area contributed by atoms with Gasteiger partial charge in [0.05, 0.1) is 5.56 Å². The number of rotatable bonds is 3. The molecule has 1 heterocycles. The van der Waals surface area contributed by atoms with E-state index >= 15 is 0 Å². The Balaban J connectivity index is 2.30. The summed E-state index contributed by atoms with van der Waals surface area (Å²) >= 11 is 3.55. The van der Waals surface area contributed by atoms with Gasteiger partial charge in [0, 0.05) is 28.6 Å². The van der Waals surface area contributed by atoms with Crippen LogP contribution in [0.15, 0.2) is 18.2 Å². The van der Waals surface area contributed by atoms with Gasteiger partial charge in [-0.2, -0.15) is 36.7 Å². The van der Waals surface area contributed by atoms with Crippen molar-refractivity contribution < 1.29 is 17.6 Å². The molecule has 1 aromatic carbocycles. The maximum atomic E-state index is 13.3. The van der Waals surface area contributed by atoms with E-state index < -0.39 is 17.6 Å². The van der Waals surface area contributed by atoms with Gasteiger partial charge in [-0.05, 0) is 24.7 Å². The van der Waals surface area contributed by atoms with E-state index in [4.69, 9.17) is 0 Å². The highest BCUT2D eigenvalue weighted by atomic mass is 32.2. The van der Waals surface area contributed by atoms with Crippen molar-refractivity contribution in [1.29, 1.82) is 0 Å². The highest BCUT2D eigenvalue weighted by Crippen LogP contribution is 2.37. The topological polar surface area (TPSA) is 12.0 Å². The van der Waals surface area contributed by atoms with Crippen molar-refractivity contribution in [2.24, 2.45) is 0 Å². The van der Waals surface area contributed by atoms with Crippen molar-refractivity contribution in [3.05, 3.63) is 35.1 Å². The number of benzene rings is 1. The van der Waals surface area contributed by atoms with Crippen LogP contribution in [0.25, 0.3) is 0 Å². The van der Waals surface area contributed by atoms with Crippen LogP contribution in [0.4, 0.5) is 17.6 Å². The van der Waals surface area contributed by atoms with Gasteiger partial charge in [0.1, 0.15) is 5.82 Å². The first-order valence-electron chi connectivity index (χ1n) is 6.16. The first-order chi connectivity index (χ1) is 9.43. The first kappa shape index (κ1) is 16.0. The Hall–Kier alpha value is -0.400. The van der Waals surface area contributed by atoms with E-state index in [1.165, 1.54) is 6.07 Å². The molecule has 1 aliphatic heterocycles. The van der Waals surface area contributed by atoms with Gasteiger partial charge in [-0.3, -0.25) is 0 Å². The van der Waals surface area contributed by atoms with Crippen molar-refractivity contribution in [2.45, 2.75) is 17.5 Å². The smallest absolute Gasteiger partial charge is 0.312 e. The molecule has 0 spiro atoms. The summed E-state index contributed by atoms with van der Waals surface area (Å²) in [6.07, 6.45) is -4.66. The van der Waals surface area contributed by atoms with Crippen LogP contribution in [0.1, 0.15) is 17.2 Å². The second-order valence-corrected chi connectivity index (χ2v) is 6.98. The lowest BCUT2D eigenvalue weighted by atomic mass is 10.0. The third-order valence-corrected chi connectivity index (χ3v) is 6.04. The Morgan fingerprint density at radius 1 is 1.30 bits per heavy atom. The number of halogens is 4. The highest BCUT2D eigenvalue weighted by Gasteiger charge is 2.35. The van der Waals surface area contributed by atoms with Crippen LogP contribution in [0.5, 0.6) is 0 Å². The third-order valence-electron chi connectivity index (χ3n) is 3.18. The fourth-order valence-corrected chi connectivity index (χ4v) is 5.13. The van der Waals surface area contributed by atoms with Gasteiger partial charge in [-0.1, -0.05) is 6.07 Å². The largest absolute Gasteiger partial charge is 0.419 e. The molecule has 112 valence electrons. The van der Waals surface area contributed by atoms with Crippen LogP contribution in [0.3, 0.4) is 0 Å². The monoisotopic (exact) mass is 325 g/mol. The maximum Gasteiger partial charge on any atom is 0.419 e. The molecule has 2 rings (SSSR count). The third kappa shape index (κ3) is 3.62. The van der Waals surface area contributed by atoms with E-state index in [-0.39, 0.29) is 11.3 Å². The molecule has 1 fully saturated rings. The predicted octanol–water partition coefficient (Wildman–Crippen LogP) is 3.95. The fraction of sp³-hybridized carbons (Fsp3) is 0.538. The molecule has 0 amide bonds. The van der Waals surface area contributed by atoms with Crippen molar-refractivity contribution >= 4 is 23.5 Å². The Bertz CT molecular complexity index is 458. The summed E-state index contributed by atoms with van der Waals surface area (Å²) in [6.45, 7) is 0. The second-order valence-electron chi connectivity index (χ2n) is 4.49. The quantitative estimate of drug-likeness (QED) is 0.845. The van der Waals surface area contributed by atoms with E-state index in [0.717, 1.165) is 29.4 Å². The minimum Gasteiger partial charge on any atom is -0.312 e. The zero-order chi connectivity index (χ0) is 14.8. The summed E-state index contributed by atoms with van der Waals surface area (Å²) < 4.78 is 51.6. The summed E-state index contributed by atoms with van der Waals surface area (Å²) in [5, 5.41) is 3.26. The van der Waals surface area contributed by atoms with Gasteiger partial charge in [-0.15, -0.1) is 0 Å².